The molecule has 0 spiro atoms. The van der Waals surface area contributed by atoms with Gasteiger partial charge in [0, 0.05) is 23.0 Å². The Bertz CT molecular complexity index is 647. The first-order valence-electron chi connectivity index (χ1n) is 6.93. The summed E-state index contributed by atoms with van der Waals surface area (Å²) >= 11 is 5.96. The highest BCUT2D eigenvalue weighted by atomic mass is 35.5. The van der Waals surface area contributed by atoms with E-state index in [1.54, 1.807) is 6.07 Å². The van der Waals surface area contributed by atoms with Crippen molar-refractivity contribution in [2.45, 2.75) is 38.6 Å². The van der Waals surface area contributed by atoms with E-state index in [1.807, 2.05) is 0 Å². The lowest BCUT2D eigenvalue weighted by Gasteiger charge is -2.07. The van der Waals surface area contributed by atoms with Crippen molar-refractivity contribution < 1.29 is 4.39 Å². The molecule has 0 unspecified atom stereocenters. The summed E-state index contributed by atoms with van der Waals surface area (Å²) in [5.74, 6) is 1.16. The monoisotopic (exact) mass is 293 g/mol. The number of imidazole rings is 1. The van der Waals surface area contributed by atoms with E-state index in [0.29, 0.717) is 28.1 Å². The molecule has 3 nitrogen and oxygen atoms in total. The van der Waals surface area contributed by atoms with Gasteiger partial charge in [0.15, 0.2) is 0 Å². The third kappa shape index (κ3) is 2.29. The molecular formula is C15H17ClFN3. The number of nitrogens with two attached hydrogens (primary N) is 1. The molecule has 1 aromatic carbocycles. The van der Waals surface area contributed by atoms with Crippen molar-refractivity contribution in [1.29, 1.82) is 0 Å². The normalized spacial score (nSPS) is 14.8. The molecular weight excluding hydrogens is 277 g/mol. The van der Waals surface area contributed by atoms with Crippen LogP contribution in [-0.4, -0.2) is 9.55 Å². The minimum atomic E-state index is -0.343. The van der Waals surface area contributed by atoms with Crippen LogP contribution in [0.3, 0.4) is 0 Å². The maximum atomic E-state index is 14.0. The van der Waals surface area contributed by atoms with Crippen molar-refractivity contribution in [1.82, 2.24) is 9.55 Å². The first-order chi connectivity index (χ1) is 9.61. The second kappa shape index (κ2) is 5.09. The van der Waals surface area contributed by atoms with Crippen LogP contribution in [0.2, 0.25) is 5.02 Å². The predicted molar refractivity (Wildman–Crippen MR) is 79.3 cm³/mol. The summed E-state index contributed by atoms with van der Waals surface area (Å²) in [5, 5.41) is 0.485. The van der Waals surface area contributed by atoms with Crippen LogP contribution in [0.15, 0.2) is 18.2 Å². The molecule has 1 aliphatic rings. The van der Waals surface area contributed by atoms with Crippen LogP contribution in [0.4, 0.5) is 10.2 Å². The number of aromatic nitrogens is 2. The predicted octanol–water partition coefficient (Wildman–Crippen LogP) is 4.21. The lowest BCUT2D eigenvalue weighted by Crippen LogP contribution is -2.05. The summed E-state index contributed by atoms with van der Waals surface area (Å²) in [6.45, 7) is 2.10. The van der Waals surface area contributed by atoms with Gasteiger partial charge in [-0.05, 0) is 37.5 Å². The fraction of sp³-hybridized carbons (Fsp3) is 0.400. The van der Waals surface area contributed by atoms with Gasteiger partial charge >= 0.3 is 0 Å². The maximum Gasteiger partial charge on any atom is 0.132 e. The van der Waals surface area contributed by atoms with E-state index in [9.17, 15) is 4.39 Å². The standard InChI is InChI=1S/C15H17ClFN3/c1-2-3-13-19-14(15(18)20(13)10-5-6-10)11-8-9(16)4-7-12(11)17/h4,7-8,10H,2-3,5-6,18H2,1H3. The number of rotatable bonds is 4. The van der Waals surface area contributed by atoms with Crippen LogP contribution >= 0.6 is 11.6 Å². The van der Waals surface area contributed by atoms with Gasteiger partial charge in [0.25, 0.3) is 0 Å². The Kier molecular flexibility index (Phi) is 3.42. The van der Waals surface area contributed by atoms with Crippen LogP contribution in [0.5, 0.6) is 0 Å². The zero-order chi connectivity index (χ0) is 14.3. The fourth-order valence-electron chi connectivity index (χ4n) is 2.51. The van der Waals surface area contributed by atoms with E-state index in [-0.39, 0.29) is 5.82 Å². The molecule has 5 heteroatoms. The highest BCUT2D eigenvalue weighted by Crippen LogP contribution is 2.41. The minimum Gasteiger partial charge on any atom is -0.383 e. The molecule has 0 bridgehead atoms. The number of anilines is 1. The average Bonchev–Trinajstić information content (AvgIpc) is 3.19. The molecule has 20 heavy (non-hydrogen) atoms. The Morgan fingerprint density at radius 1 is 1.45 bits per heavy atom. The Morgan fingerprint density at radius 3 is 2.85 bits per heavy atom. The summed E-state index contributed by atoms with van der Waals surface area (Å²) in [4.78, 5) is 4.57. The summed E-state index contributed by atoms with van der Waals surface area (Å²) in [6, 6.07) is 4.90. The number of halogens is 2. The fourth-order valence-corrected chi connectivity index (χ4v) is 2.68. The van der Waals surface area contributed by atoms with Gasteiger partial charge in [-0.25, -0.2) is 9.37 Å². The third-order valence-electron chi connectivity index (χ3n) is 3.59. The molecule has 1 aliphatic carbocycles. The van der Waals surface area contributed by atoms with Gasteiger partial charge in [0.05, 0.1) is 0 Å². The van der Waals surface area contributed by atoms with Crippen LogP contribution < -0.4 is 5.73 Å². The Morgan fingerprint density at radius 2 is 2.20 bits per heavy atom. The van der Waals surface area contributed by atoms with Crippen molar-refractivity contribution in [3.05, 3.63) is 34.9 Å². The van der Waals surface area contributed by atoms with Crippen LogP contribution in [0.25, 0.3) is 11.3 Å². The zero-order valence-corrected chi connectivity index (χ0v) is 12.1. The van der Waals surface area contributed by atoms with Gasteiger partial charge in [0.1, 0.15) is 23.2 Å². The first-order valence-corrected chi connectivity index (χ1v) is 7.31. The van der Waals surface area contributed by atoms with Gasteiger partial charge in [-0.1, -0.05) is 18.5 Å². The van der Waals surface area contributed by atoms with E-state index in [2.05, 4.69) is 16.5 Å². The molecule has 0 radical (unpaired) electrons. The molecule has 1 aromatic heterocycles. The second-order valence-electron chi connectivity index (χ2n) is 5.24. The van der Waals surface area contributed by atoms with E-state index in [0.717, 1.165) is 31.5 Å². The van der Waals surface area contributed by atoms with E-state index >= 15 is 0 Å². The largest absolute Gasteiger partial charge is 0.383 e. The summed E-state index contributed by atoms with van der Waals surface area (Å²) in [7, 11) is 0. The van der Waals surface area contributed by atoms with Crippen molar-refractivity contribution in [3.8, 4) is 11.3 Å². The molecule has 2 N–H and O–H groups in total. The molecule has 2 aromatic rings. The number of hydrogen-bond donors (Lipinski definition) is 1. The molecule has 0 saturated heterocycles. The number of nitrogen functional groups attached to an aromatic ring is 1. The van der Waals surface area contributed by atoms with Gasteiger partial charge in [-0.2, -0.15) is 0 Å². The quantitative estimate of drug-likeness (QED) is 0.917. The Balaban J connectivity index is 2.13. The average molecular weight is 294 g/mol. The molecule has 0 amide bonds. The number of nitrogens with zero attached hydrogens (tertiary/aromatic N) is 2. The Labute approximate surface area is 122 Å². The van der Waals surface area contributed by atoms with Gasteiger partial charge in [-0.15, -0.1) is 0 Å². The van der Waals surface area contributed by atoms with Crippen LogP contribution in [0, 0.1) is 5.82 Å². The lowest BCUT2D eigenvalue weighted by molar-refractivity contribution is 0.631. The molecule has 106 valence electrons. The highest BCUT2D eigenvalue weighted by Gasteiger charge is 2.30. The molecule has 1 fully saturated rings. The van der Waals surface area contributed by atoms with Gasteiger partial charge in [-0.3, -0.25) is 0 Å². The summed E-state index contributed by atoms with van der Waals surface area (Å²) < 4.78 is 16.1. The lowest BCUT2D eigenvalue weighted by atomic mass is 10.1. The summed E-state index contributed by atoms with van der Waals surface area (Å²) in [5.41, 5.74) is 7.11. The molecule has 3 rings (SSSR count). The van der Waals surface area contributed by atoms with Crippen LogP contribution in [0.1, 0.15) is 38.1 Å². The molecule has 1 saturated carbocycles. The Hall–Kier alpha value is -1.55. The third-order valence-corrected chi connectivity index (χ3v) is 3.83. The van der Waals surface area contributed by atoms with Crippen molar-refractivity contribution in [3.63, 3.8) is 0 Å². The van der Waals surface area contributed by atoms with Crippen molar-refractivity contribution in [2.75, 3.05) is 5.73 Å². The van der Waals surface area contributed by atoms with Gasteiger partial charge < -0.3 is 10.3 Å². The summed E-state index contributed by atoms with van der Waals surface area (Å²) in [6.07, 6.45) is 4.08. The minimum absolute atomic E-state index is 0.343. The number of aryl methyl sites for hydroxylation is 1. The smallest absolute Gasteiger partial charge is 0.132 e. The van der Waals surface area contributed by atoms with Gasteiger partial charge in [0.2, 0.25) is 0 Å². The topological polar surface area (TPSA) is 43.8 Å². The van der Waals surface area contributed by atoms with Crippen LogP contribution in [-0.2, 0) is 6.42 Å². The SMILES string of the molecule is CCCc1nc(-c2cc(Cl)ccc2F)c(N)n1C1CC1. The molecule has 0 aliphatic heterocycles. The zero-order valence-electron chi connectivity index (χ0n) is 11.4. The highest BCUT2D eigenvalue weighted by molar-refractivity contribution is 6.30. The molecule has 0 atom stereocenters. The van der Waals surface area contributed by atoms with Crippen molar-refractivity contribution >= 4 is 17.4 Å². The number of benzene rings is 1. The maximum absolute atomic E-state index is 14.0. The van der Waals surface area contributed by atoms with E-state index < -0.39 is 0 Å². The first kappa shape index (κ1) is 13.4. The van der Waals surface area contributed by atoms with E-state index in [4.69, 9.17) is 17.3 Å². The molecule has 1 heterocycles. The van der Waals surface area contributed by atoms with Crippen molar-refractivity contribution in [2.24, 2.45) is 0 Å². The second-order valence-corrected chi connectivity index (χ2v) is 5.67. The number of hydrogen-bond acceptors (Lipinski definition) is 2. The van der Waals surface area contributed by atoms with E-state index in [1.165, 1.54) is 12.1 Å².